The van der Waals surface area contributed by atoms with Crippen molar-refractivity contribution < 1.29 is 18.3 Å². The number of hydrogen-bond acceptors (Lipinski definition) is 4. The lowest BCUT2D eigenvalue weighted by Crippen LogP contribution is -2.31. The molecule has 0 unspecified atom stereocenters. The standard InChI is InChI=1S/C15H15NO5S/c1-10-8-11(2)16(9-13(17)18)15(19)14(10)22(20,21)12-6-4-3-5-7-12/h3-8H,9H2,1-2H3,(H,17,18). The predicted octanol–water partition coefficient (Wildman–Crippen LogP) is 1.38. The van der Waals surface area contributed by atoms with Gasteiger partial charge in [0.2, 0.25) is 9.84 Å². The minimum Gasteiger partial charge on any atom is -0.480 e. The molecule has 0 spiro atoms. The zero-order chi connectivity index (χ0) is 16.5. The van der Waals surface area contributed by atoms with E-state index in [0.29, 0.717) is 11.3 Å². The van der Waals surface area contributed by atoms with Gasteiger partial charge in [-0.25, -0.2) is 8.42 Å². The molecule has 0 aliphatic heterocycles. The Morgan fingerprint density at radius 2 is 1.77 bits per heavy atom. The molecule has 1 aromatic heterocycles. The number of sulfone groups is 1. The molecule has 0 atom stereocenters. The number of carboxylic acids is 1. The molecule has 1 aromatic carbocycles. The largest absolute Gasteiger partial charge is 0.480 e. The van der Waals surface area contributed by atoms with Crippen LogP contribution >= 0.6 is 0 Å². The maximum Gasteiger partial charge on any atom is 0.323 e. The van der Waals surface area contributed by atoms with Gasteiger partial charge in [-0.1, -0.05) is 18.2 Å². The average Bonchev–Trinajstić information content (AvgIpc) is 2.43. The number of aromatic nitrogens is 1. The van der Waals surface area contributed by atoms with Crippen molar-refractivity contribution in [2.24, 2.45) is 0 Å². The highest BCUT2D eigenvalue weighted by Gasteiger charge is 2.25. The molecule has 6 nitrogen and oxygen atoms in total. The van der Waals surface area contributed by atoms with Gasteiger partial charge in [-0.3, -0.25) is 9.59 Å². The lowest BCUT2D eigenvalue weighted by Gasteiger charge is -2.13. The molecule has 0 aliphatic rings. The third kappa shape index (κ3) is 2.80. The third-order valence-corrected chi connectivity index (χ3v) is 5.19. The minimum absolute atomic E-state index is 0.000859. The van der Waals surface area contributed by atoms with E-state index in [4.69, 9.17) is 5.11 Å². The zero-order valence-corrected chi connectivity index (χ0v) is 12.9. The Bertz CT molecular complexity index is 882. The third-order valence-electron chi connectivity index (χ3n) is 3.26. The van der Waals surface area contributed by atoms with Gasteiger partial charge in [-0.05, 0) is 37.6 Å². The predicted molar refractivity (Wildman–Crippen MR) is 79.7 cm³/mol. The summed E-state index contributed by atoms with van der Waals surface area (Å²) in [5.41, 5.74) is -0.117. The van der Waals surface area contributed by atoms with E-state index >= 15 is 0 Å². The van der Waals surface area contributed by atoms with E-state index in [1.165, 1.54) is 25.1 Å². The van der Waals surface area contributed by atoms with Crippen molar-refractivity contribution >= 4 is 15.8 Å². The summed E-state index contributed by atoms with van der Waals surface area (Å²) in [4.78, 5) is 23.0. The Morgan fingerprint density at radius 1 is 1.18 bits per heavy atom. The molecular weight excluding hydrogens is 306 g/mol. The van der Waals surface area contributed by atoms with E-state index < -0.39 is 27.9 Å². The molecule has 0 bridgehead atoms. The van der Waals surface area contributed by atoms with Crippen LogP contribution in [0.1, 0.15) is 11.3 Å². The Kier molecular flexibility index (Phi) is 4.18. The van der Waals surface area contributed by atoms with Crippen LogP contribution in [-0.4, -0.2) is 24.1 Å². The highest BCUT2D eigenvalue weighted by Crippen LogP contribution is 2.21. The van der Waals surface area contributed by atoms with E-state index in [0.717, 1.165) is 4.57 Å². The number of nitrogens with zero attached hydrogens (tertiary/aromatic N) is 1. The Hall–Kier alpha value is -2.41. The smallest absolute Gasteiger partial charge is 0.323 e. The number of benzene rings is 1. The summed E-state index contributed by atoms with van der Waals surface area (Å²) in [5, 5.41) is 8.89. The topological polar surface area (TPSA) is 93.4 Å². The zero-order valence-electron chi connectivity index (χ0n) is 12.1. The summed E-state index contributed by atoms with van der Waals surface area (Å²) >= 11 is 0. The molecule has 0 saturated heterocycles. The van der Waals surface area contributed by atoms with Crippen LogP contribution in [0, 0.1) is 13.8 Å². The average molecular weight is 321 g/mol. The fraction of sp³-hybridized carbons (Fsp3) is 0.200. The second kappa shape index (κ2) is 5.76. The van der Waals surface area contributed by atoms with Crippen LogP contribution in [0.5, 0.6) is 0 Å². The van der Waals surface area contributed by atoms with Gasteiger partial charge in [-0.2, -0.15) is 0 Å². The van der Waals surface area contributed by atoms with Gasteiger partial charge in [0, 0.05) is 5.69 Å². The van der Waals surface area contributed by atoms with Crippen LogP contribution in [0.15, 0.2) is 51.0 Å². The number of rotatable bonds is 4. The first-order valence-corrected chi connectivity index (χ1v) is 7.96. The first-order valence-electron chi connectivity index (χ1n) is 6.48. The molecule has 2 aromatic rings. The van der Waals surface area contributed by atoms with Crippen LogP contribution in [0.25, 0.3) is 0 Å². The summed E-state index contributed by atoms with van der Waals surface area (Å²) in [7, 11) is -4.00. The van der Waals surface area contributed by atoms with Crippen molar-refractivity contribution in [2.75, 3.05) is 0 Å². The van der Waals surface area contributed by atoms with Gasteiger partial charge in [0.1, 0.15) is 11.4 Å². The lowest BCUT2D eigenvalue weighted by molar-refractivity contribution is -0.137. The molecular formula is C15H15NO5S. The van der Waals surface area contributed by atoms with Crippen molar-refractivity contribution in [3.8, 4) is 0 Å². The van der Waals surface area contributed by atoms with Crippen molar-refractivity contribution in [3.05, 3.63) is 58.0 Å². The molecule has 1 heterocycles. The first-order chi connectivity index (χ1) is 10.2. The maximum atomic E-state index is 12.7. The molecule has 1 N–H and O–H groups in total. The SMILES string of the molecule is Cc1cc(C)n(CC(=O)O)c(=O)c1S(=O)(=O)c1ccccc1. The normalized spacial score (nSPS) is 11.4. The Labute approximate surface area is 127 Å². The van der Waals surface area contributed by atoms with Crippen molar-refractivity contribution in [1.82, 2.24) is 4.57 Å². The number of aryl methyl sites for hydroxylation is 2. The number of pyridine rings is 1. The van der Waals surface area contributed by atoms with Gasteiger partial charge in [-0.15, -0.1) is 0 Å². The molecule has 116 valence electrons. The van der Waals surface area contributed by atoms with Crippen molar-refractivity contribution in [1.29, 1.82) is 0 Å². The van der Waals surface area contributed by atoms with E-state index in [1.54, 1.807) is 25.1 Å². The van der Waals surface area contributed by atoms with Gasteiger partial charge in [0.15, 0.2) is 0 Å². The van der Waals surface area contributed by atoms with Crippen LogP contribution < -0.4 is 5.56 Å². The minimum atomic E-state index is -4.00. The molecule has 0 radical (unpaired) electrons. The summed E-state index contributed by atoms with van der Waals surface area (Å²) in [6, 6.07) is 9.09. The number of carboxylic acid groups (broad SMARTS) is 1. The number of carbonyl (C=O) groups is 1. The molecule has 22 heavy (non-hydrogen) atoms. The van der Waals surface area contributed by atoms with Gasteiger partial charge >= 0.3 is 5.97 Å². The van der Waals surface area contributed by atoms with Crippen LogP contribution in [-0.2, 0) is 21.2 Å². The summed E-state index contributed by atoms with van der Waals surface area (Å²) in [6.45, 7) is 2.51. The monoisotopic (exact) mass is 321 g/mol. The highest BCUT2D eigenvalue weighted by atomic mass is 32.2. The number of aliphatic carboxylic acids is 1. The molecule has 0 saturated carbocycles. The van der Waals surface area contributed by atoms with Gasteiger partial charge in [0.05, 0.1) is 4.90 Å². The Morgan fingerprint density at radius 3 is 2.32 bits per heavy atom. The summed E-state index contributed by atoms with van der Waals surface area (Å²) in [6.07, 6.45) is 0. The quantitative estimate of drug-likeness (QED) is 0.918. The summed E-state index contributed by atoms with van der Waals surface area (Å²) < 4.78 is 26.3. The molecule has 2 rings (SSSR count). The van der Waals surface area contributed by atoms with Crippen molar-refractivity contribution in [3.63, 3.8) is 0 Å². The highest BCUT2D eigenvalue weighted by molar-refractivity contribution is 7.91. The second-order valence-corrected chi connectivity index (χ2v) is 6.79. The van der Waals surface area contributed by atoms with Crippen LogP contribution in [0.2, 0.25) is 0 Å². The fourth-order valence-electron chi connectivity index (χ4n) is 2.28. The molecule has 0 fully saturated rings. The molecule has 0 amide bonds. The van der Waals surface area contributed by atoms with Crippen molar-refractivity contribution in [2.45, 2.75) is 30.2 Å². The molecule has 0 aliphatic carbocycles. The van der Waals surface area contributed by atoms with Gasteiger partial charge in [0.25, 0.3) is 5.56 Å². The molecule has 7 heteroatoms. The second-order valence-electron chi connectivity index (χ2n) is 4.90. The lowest BCUT2D eigenvalue weighted by atomic mass is 10.2. The van der Waals surface area contributed by atoms with Gasteiger partial charge < -0.3 is 9.67 Å². The Balaban J connectivity index is 2.76. The van der Waals surface area contributed by atoms with E-state index in [-0.39, 0.29) is 9.79 Å². The fourth-order valence-corrected chi connectivity index (χ4v) is 3.86. The van der Waals surface area contributed by atoms with E-state index in [2.05, 4.69) is 0 Å². The van der Waals surface area contributed by atoms with E-state index in [9.17, 15) is 18.0 Å². The van der Waals surface area contributed by atoms with Crippen LogP contribution in [0.3, 0.4) is 0 Å². The number of hydrogen-bond donors (Lipinski definition) is 1. The van der Waals surface area contributed by atoms with E-state index in [1.807, 2.05) is 0 Å². The summed E-state index contributed by atoms with van der Waals surface area (Å²) in [5.74, 6) is -1.21. The van der Waals surface area contributed by atoms with Crippen LogP contribution in [0.4, 0.5) is 0 Å². The first kappa shape index (κ1) is 16.0. The maximum absolute atomic E-state index is 12.7.